The Labute approximate surface area is 334 Å². The van der Waals surface area contributed by atoms with Gasteiger partial charge in [-0.25, -0.2) is 0 Å². The van der Waals surface area contributed by atoms with Crippen molar-refractivity contribution in [3.8, 4) is 0 Å². The van der Waals surface area contributed by atoms with Crippen LogP contribution in [0.5, 0.6) is 0 Å². The van der Waals surface area contributed by atoms with Gasteiger partial charge in [0.15, 0.2) is 0 Å². The summed E-state index contributed by atoms with van der Waals surface area (Å²) in [5.74, 6) is -1.26. The predicted molar refractivity (Wildman–Crippen MR) is 225 cm³/mol. The zero-order valence-electron chi connectivity index (χ0n) is 34.9. The summed E-state index contributed by atoms with van der Waals surface area (Å²) >= 11 is 0. The maximum atomic E-state index is 13.4. The van der Waals surface area contributed by atoms with Crippen LogP contribution in [0.15, 0.2) is 0 Å². The second kappa shape index (κ2) is 38.1. The Morgan fingerprint density at radius 1 is 0.418 bits per heavy atom. The van der Waals surface area contributed by atoms with Crippen LogP contribution < -0.4 is 44.2 Å². The normalized spacial score (nSPS) is 12.8. The van der Waals surface area contributed by atoms with Gasteiger partial charge >= 0.3 is 0 Å². The summed E-state index contributed by atoms with van der Waals surface area (Å²) in [6.45, 7) is 4.36. The fourth-order valence-corrected chi connectivity index (χ4v) is 6.69. The summed E-state index contributed by atoms with van der Waals surface area (Å²) in [5.41, 5.74) is 22.3. The molecule has 5 amide bonds. The monoisotopic (exact) mass is 781 g/mol. The number of carbonyl (C=O) groups excluding carboxylic acids is 5. The highest BCUT2D eigenvalue weighted by Crippen LogP contribution is 2.13. The van der Waals surface area contributed by atoms with E-state index in [1.54, 1.807) is 0 Å². The third-order valence-corrected chi connectivity index (χ3v) is 10.2. The summed E-state index contributed by atoms with van der Waals surface area (Å²) in [7, 11) is 0. The van der Waals surface area contributed by atoms with Crippen LogP contribution in [0.25, 0.3) is 0 Å². The minimum Gasteiger partial charge on any atom is -0.368 e. The molecule has 13 heteroatoms. The van der Waals surface area contributed by atoms with Crippen LogP contribution in [-0.4, -0.2) is 73.8 Å². The highest BCUT2D eigenvalue weighted by atomic mass is 16.2. The zero-order chi connectivity index (χ0) is 40.8. The van der Waals surface area contributed by atoms with Gasteiger partial charge in [-0.3, -0.25) is 24.0 Å². The molecule has 0 radical (unpaired) electrons. The molecule has 0 saturated carbocycles. The van der Waals surface area contributed by atoms with Crippen LogP contribution >= 0.6 is 0 Å². The van der Waals surface area contributed by atoms with E-state index in [0.29, 0.717) is 64.7 Å². The fourth-order valence-electron chi connectivity index (χ4n) is 6.69. The first-order valence-electron chi connectivity index (χ1n) is 22.3. The van der Waals surface area contributed by atoms with Gasteiger partial charge in [0.1, 0.15) is 18.1 Å². The average Bonchev–Trinajstić information content (AvgIpc) is 3.16. The van der Waals surface area contributed by atoms with Crippen molar-refractivity contribution in [1.82, 2.24) is 21.3 Å². The number of carbonyl (C=O) groups is 5. The van der Waals surface area contributed by atoms with Crippen LogP contribution in [0.3, 0.4) is 0 Å². The van der Waals surface area contributed by atoms with Crippen molar-refractivity contribution in [2.24, 2.45) is 22.9 Å². The molecular formula is C42H84N8O5. The maximum absolute atomic E-state index is 13.4. The Morgan fingerprint density at radius 3 is 1.20 bits per heavy atom. The van der Waals surface area contributed by atoms with Crippen molar-refractivity contribution in [2.45, 2.75) is 211 Å². The van der Waals surface area contributed by atoms with E-state index in [4.69, 9.17) is 22.9 Å². The number of primary amides is 1. The van der Waals surface area contributed by atoms with Crippen LogP contribution in [0.4, 0.5) is 0 Å². The van der Waals surface area contributed by atoms with Crippen LogP contribution in [0.1, 0.15) is 193 Å². The molecule has 0 aromatic rings. The zero-order valence-corrected chi connectivity index (χ0v) is 34.9. The maximum Gasteiger partial charge on any atom is 0.243 e. The van der Waals surface area contributed by atoms with Gasteiger partial charge in [0, 0.05) is 19.4 Å². The van der Waals surface area contributed by atoms with Crippen molar-refractivity contribution in [1.29, 1.82) is 0 Å². The largest absolute Gasteiger partial charge is 0.368 e. The molecule has 0 bridgehead atoms. The number of hydrogen-bond donors (Lipinski definition) is 8. The van der Waals surface area contributed by atoms with E-state index in [1.165, 1.54) is 38.5 Å². The van der Waals surface area contributed by atoms with Gasteiger partial charge in [-0.2, -0.15) is 0 Å². The molecule has 0 aliphatic heterocycles. The van der Waals surface area contributed by atoms with Gasteiger partial charge in [-0.15, -0.1) is 0 Å². The lowest BCUT2D eigenvalue weighted by molar-refractivity contribution is -0.132. The first-order chi connectivity index (χ1) is 26.7. The van der Waals surface area contributed by atoms with E-state index >= 15 is 0 Å². The molecule has 0 aliphatic carbocycles. The molecule has 0 aromatic heterocycles. The van der Waals surface area contributed by atoms with Crippen LogP contribution in [0.2, 0.25) is 0 Å². The molecular weight excluding hydrogens is 697 g/mol. The van der Waals surface area contributed by atoms with Crippen LogP contribution in [-0.2, 0) is 24.0 Å². The van der Waals surface area contributed by atoms with Crippen molar-refractivity contribution in [3.05, 3.63) is 0 Å². The predicted octanol–water partition coefficient (Wildman–Crippen LogP) is 5.25. The molecule has 13 nitrogen and oxygen atoms in total. The second-order valence-electron chi connectivity index (χ2n) is 15.4. The van der Waals surface area contributed by atoms with Gasteiger partial charge in [-0.05, 0) is 96.7 Å². The number of rotatable bonds is 40. The molecule has 0 spiro atoms. The standard InChI is InChI=1S/C42H84N8O5/c1-2-3-4-5-6-8-11-15-18-30-39(52)49-37(28-21-24-33-45)42(55)50-36(27-20-23-32-44)41(54)47-34-25-16-13-10-7-9-12-14-17-29-38(51)48-35(40(46)53)26-19-22-31-43/h35-37H,2-34,43-45H2,1H3,(H2,46,53)(H,47,54)(H,48,51)(H,49,52)(H,50,55). The molecule has 0 fully saturated rings. The summed E-state index contributed by atoms with van der Waals surface area (Å²) in [4.78, 5) is 63.3. The smallest absolute Gasteiger partial charge is 0.243 e. The number of nitrogens with two attached hydrogens (primary N) is 4. The number of amides is 5. The first kappa shape index (κ1) is 52.2. The Hall–Kier alpha value is -2.77. The Balaban J connectivity index is 4.48. The van der Waals surface area contributed by atoms with E-state index in [2.05, 4.69) is 28.2 Å². The summed E-state index contributed by atoms with van der Waals surface area (Å²) in [6.07, 6.45) is 26.5. The lowest BCUT2D eigenvalue weighted by Gasteiger charge is -2.23. The van der Waals surface area contributed by atoms with Gasteiger partial charge in [0.25, 0.3) is 0 Å². The summed E-state index contributed by atoms with van der Waals surface area (Å²) in [6, 6.07) is -1.99. The van der Waals surface area contributed by atoms with Crippen LogP contribution in [0, 0.1) is 0 Å². The Morgan fingerprint density at radius 2 is 0.782 bits per heavy atom. The van der Waals surface area contributed by atoms with E-state index in [-0.39, 0.29) is 23.6 Å². The Kier molecular flexibility index (Phi) is 36.2. The number of nitrogens with one attached hydrogen (secondary N) is 4. The first-order valence-corrected chi connectivity index (χ1v) is 22.3. The third-order valence-electron chi connectivity index (χ3n) is 10.2. The summed E-state index contributed by atoms with van der Waals surface area (Å²) < 4.78 is 0. The van der Waals surface area contributed by atoms with E-state index < -0.39 is 24.0 Å². The van der Waals surface area contributed by atoms with E-state index in [1.807, 2.05) is 0 Å². The molecule has 0 aromatic carbocycles. The molecule has 55 heavy (non-hydrogen) atoms. The topological polar surface area (TPSA) is 238 Å². The minimum atomic E-state index is -0.695. The highest BCUT2D eigenvalue weighted by molar-refractivity contribution is 5.92. The van der Waals surface area contributed by atoms with E-state index in [9.17, 15) is 24.0 Å². The molecule has 3 atom stereocenters. The molecule has 0 saturated heterocycles. The third kappa shape index (κ3) is 32.1. The van der Waals surface area contributed by atoms with Crippen molar-refractivity contribution in [3.63, 3.8) is 0 Å². The SMILES string of the molecule is CCCCCCCCCCCC(=O)NC(CCCCN)C(=O)NC(CCCCN)C(=O)NCCCCCCCCCCCC(=O)NC(CCCCN)C(N)=O. The van der Waals surface area contributed by atoms with Gasteiger partial charge in [0.2, 0.25) is 29.5 Å². The van der Waals surface area contributed by atoms with E-state index in [0.717, 1.165) is 109 Å². The van der Waals surface area contributed by atoms with Crippen molar-refractivity contribution in [2.75, 3.05) is 26.2 Å². The molecule has 0 heterocycles. The molecule has 12 N–H and O–H groups in total. The quantitative estimate of drug-likeness (QED) is 0.0381. The van der Waals surface area contributed by atoms with Crippen molar-refractivity contribution < 1.29 is 24.0 Å². The molecule has 0 aliphatic rings. The van der Waals surface area contributed by atoms with Gasteiger partial charge in [-0.1, -0.05) is 103 Å². The lowest BCUT2D eigenvalue weighted by Crippen LogP contribution is -2.53. The second-order valence-corrected chi connectivity index (χ2v) is 15.4. The van der Waals surface area contributed by atoms with Crippen molar-refractivity contribution >= 4 is 29.5 Å². The molecule has 3 unspecified atom stereocenters. The average molecular weight is 781 g/mol. The number of unbranched alkanes of at least 4 members (excludes halogenated alkanes) is 19. The van der Waals surface area contributed by atoms with Gasteiger partial charge in [0.05, 0.1) is 0 Å². The molecule has 322 valence electrons. The summed E-state index contributed by atoms with van der Waals surface area (Å²) in [5, 5.41) is 11.7. The highest BCUT2D eigenvalue weighted by Gasteiger charge is 2.26. The fraction of sp³-hybridized carbons (Fsp3) is 0.881. The number of hydrogen-bond acceptors (Lipinski definition) is 8. The Bertz CT molecular complexity index is 986. The minimum absolute atomic E-state index is 0.120. The van der Waals surface area contributed by atoms with Gasteiger partial charge < -0.3 is 44.2 Å². The molecule has 0 rings (SSSR count). The lowest BCUT2D eigenvalue weighted by atomic mass is 10.0.